The first-order valence-electron chi connectivity index (χ1n) is 9.47. The van der Waals surface area contributed by atoms with Crippen molar-refractivity contribution < 1.29 is 13.9 Å². The van der Waals surface area contributed by atoms with Gasteiger partial charge in [0.2, 0.25) is 0 Å². The van der Waals surface area contributed by atoms with Gasteiger partial charge >= 0.3 is 0 Å². The number of carbonyl (C=O) groups is 1. The molecular formula is C20H19FN6O2. The molecule has 1 amide bonds. The van der Waals surface area contributed by atoms with Crippen LogP contribution >= 0.6 is 0 Å². The van der Waals surface area contributed by atoms with E-state index in [-0.39, 0.29) is 17.8 Å². The fourth-order valence-corrected chi connectivity index (χ4v) is 3.71. The molecule has 1 aromatic carbocycles. The van der Waals surface area contributed by atoms with Gasteiger partial charge in [0.25, 0.3) is 5.91 Å². The Morgan fingerprint density at radius 3 is 3.17 bits per heavy atom. The zero-order chi connectivity index (χ0) is 20.0. The maximum absolute atomic E-state index is 13.6. The minimum absolute atomic E-state index is 0.0612. The van der Waals surface area contributed by atoms with Crippen molar-refractivity contribution in [1.82, 2.24) is 30.0 Å². The molecule has 1 aliphatic rings. The summed E-state index contributed by atoms with van der Waals surface area (Å²) in [7, 11) is 1.75. The highest BCUT2D eigenvalue weighted by atomic mass is 19.1. The summed E-state index contributed by atoms with van der Waals surface area (Å²) in [5, 5.41) is 8.15. The molecular weight excluding hydrogens is 375 g/mol. The van der Waals surface area contributed by atoms with Crippen LogP contribution in [-0.2, 0) is 11.8 Å². The minimum atomic E-state index is -0.329. The van der Waals surface area contributed by atoms with Crippen molar-refractivity contribution >= 4 is 28.0 Å². The summed E-state index contributed by atoms with van der Waals surface area (Å²) in [4.78, 5) is 24.7. The van der Waals surface area contributed by atoms with Crippen LogP contribution in [0.25, 0.3) is 33.5 Å². The van der Waals surface area contributed by atoms with E-state index in [9.17, 15) is 9.18 Å². The molecule has 0 aliphatic carbocycles. The van der Waals surface area contributed by atoms with Crippen molar-refractivity contribution in [2.45, 2.75) is 18.9 Å². The standard InChI is InChI=1S/C20H19FN6O2/c1-27-16-7-11(21)4-5-13(16)17(26-27)15-10-23-19-18(25-15)14(9-22-19)20(28)24-8-12-3-2-6-29-12/h4-5,7,9-10,12H,2-3,6,8H2,1H3,(H,22,23)(H,24,28)/t12-/m0/s1. The molecule has 0 unspecified atom stereocenters. The third-order valence-electron chi connectivity index (χ3n) is 5.20. The van der Waals surface area contributed by atoms with Crippen LogP contribution in [0.2, 0.25) is 0 Å². The van der Waals surface area contributed by atoms with E-state index < -0.39 is 0 Å². The third-order valence-corrected chi connectivity index (χ3v) is 5.20. The van der Waals surface area contributed by atoms with Gasteiger partial charge in [-0.1, -0.05) is 0 Å². The van der Waals surface area contributed by atoms with Crippen molar-refractivity contribution in [3.63, 3.8) is 0 Å². The fourth-order valence-electron chi connectivity index (χ4n) is 3.71. The van der Waals surface area contributed by atoms with Gasteiger partial charge in [0.15, 0.2) is 5.65 Å². The number of nitrogens with one attached hydrogen (secondary N) is 2. The van der Waals surface area contributed by atoms with Gasteiger partial charge in [-0.25, -0.2) is 14.4 Å². The van der Waals surface area contributed by atoms with Crippen LogP contribution < -0.4 is 5.32 Å². The summed E-state index contributed by atoms with van der Waals surface area (Å²) in [6, 6.07) is 4.49. The zero-order valence-corrected chi connectivity index (χ0v) is 15.8. The molecule has 0 saturated carbocycles. The number of amides is 1. The highest BCUT2D eigenvalue weighted by Gasteiger charge is 2.20. The van der Waals surface area contributed by atoms with E-state index in [1.807, 2.05) is 0 Å². The number of benzene rings is 1. The van der Waals surface area contributed by atoms with Crippen molar-refractivity contribution in [3.8, 4) is 11.4 Å². The molecule has 1 saturated heterocycles. The van der Waals surface area contributed by atoms with E-state index in [1.165, 1.54) is 12.1 Å². The second-order valence-corrected chi connectivity index (χ2v) is 7.13. The molecule has 3 aromatic heterocycles. The summed E-state index contributed by atoms with van der Waals surface area (Å²) in [5.41, 5.74) is 3.16. The van der Waals surface area contributed by atoms with Gasteiger partial charge in [-0.2, -0.15) is 5.10 Å². The molecule has 0 bridgehead atoms. The summed E-state index contributed by atoms with van der Waals surface area (Å²) in [6.45, 7) is 1.21. The van der Waals surface area contributed by atoms with Crippen LogP contribution in [0.5, 0.6) is 0 Å². The Bertz CT molecular complexity index is 1220. The fraction of sp³-hybridized carbons (Fsp3) is 0.300. The lowest BCUT2D eigenvalue weighted by Gasteiger charge is -2.10. The van der Waals surface area contributed by atoms with Gasteiger partial charge in [0, 0.05) is 31.8 Å². The van der Waals surface area contributed by atoms with Gasteiger partial charge in [-0.15, -0.1) is 0 Å². The number of nitrogens with zero attached hydrogens (tertiary/aromatic N) is 4. The van der Waals surface area contributed by atoms with E-state index in [2.05, 4.69) is 25.4 Å². The average Bonchev–Trinajstić information content (AvgIpc) is 3.45. The topological polar surface area (TPSA) is 97.7 Å². The Kier molecular flexibility index (Phi) is 4.24. The smallest absolute Gasteiger partial charge is 0.255 e. The second kappa shape index (κ2) is 6.93. The number of carbonyl (C=O) groups excluding carboxylic acids is 1. The van der Waals surface area contributed by atoms with E-state index in [0.717, 1.165) is 24.8 Å². The number of aryl methyl sites for hydroxylation is 1. The number of rotatable bonds is 4. The van der Waals surface area contributed by atoms with E-state index in [4.69, 9.17) is 4.74 Å². The third kappa shape index (κ3) is 3.13. The SMILES string of the molecule is Cn1nc(-c2cnc3[nH]cc(C(=O)NC[C@@H]4CCCO4)c3n2)c2ccc(F)cc21. The Labute approximate surface area is 165 Å². The first-order valence-corrected chi connectivity index (χ1v) is 9.47. The highest BCUT2D eigenvalue weighted by molar-refractivity contribution is 6.05. The summed E-state index contributed by atoms with van der Waals surface area (Å²) in [6.07, 6.45) is 5.23. The maximum atomic E-state index is 13.6. The lowest BCUT2D eigenvalue weighted by Crippen LogP contribution is -2.31. The molecule has 0 spiro atoms. The summed E-state index contributed by atoms with van der Waals surface area (Å²) >= 11 is 0. The van der Waals surface area contributed by atoms with Crippen LogP contribution in [0, 0.1) is 5.82 Å². The largest absolute Gasteiger partial charge is 0.376 e. The first-order chi connectivity index (χ1) is 14.1. The number of fused-ring (bicyclic) bond motifs is 2. The lowest BCUT2D eigenvalue weighted by molar-refractivity contribution is 0.0859. The molecule has 1 aliphatic heterocycles. The number of aromatic amines is 1. The van der Waals surface area contributed by atoms with E-state index >= 15 is 0 Å². The van der Waals surface area contributed by atoms with E-state index in [1.54, 1.807) is 30.2 Å². The predicted octanol–water partition coefficient (Wildman–Crippen LogP) is 2.56. The molecule has 148 valence electrons. The van der Waals surface area contributed by atoms with Crippen LogP contribution in [0.4, 0.5) is 4.39 Å². The molecule has 8 nitrogen and oxygen atoms in total. The minimum Gasteiger partial charge on any atom is -0.376 e. The molecule has 5 rings (SSSR count). The van der Waals surface area contributed by atoms with Gasteiger partial charge in [0.1, 0.15) is 22.7 Å². The van der Waals surface area contributed by atoms with E-state index in [0.29, 0.717) is 40.2 Å². The Morgan fingerprint density at radius 1 is 1.45 bits per heavy atom. The number of hydrogen-bond acceptors (Lipinski definition) is 5. The van der Waals surface area contributed by atoms with Gasteiger partial charge < -0.3 is 15.0 Å². The quantitative estimate of drug-likeness (QED) is 0.554. The molecule has 1 atom stereocenters. The molecule has 2 N–H and O–H groups in total. The number of H-pyrrole nitrogens is 1. The lowest BCUT2D eigenvalue weighted by atomic mass is 10.1. The van der Waals surface area contributed by atoms with Gasteiger partial charge in [-0.05, 0) is 31.0 Å². The number of halogens is 1. The summed E-state index contributed by atoms with van der Waals surface area (Å²) < 4.78 is 20.7. The number of aromatic nitrogens is 5. The molecule has 0 radical (unpaired) electrons. The second-order valence-electron chi connectivity index (χ2n) is 7.13. The Hall–Kier alpha value is -3.33. The van der Waals surface area contributed by atoms with Crippen molar-refractivity contribution in [3.05, 3.63) is 42.0 Å². The van der Waals surface area contributed by atoms with Crippen LogP contribution in [-0.4, -0.2) is 49.9 Å². The Balaban J connectivity index is 1.50. The van der Waals surface area contributed by atoms with Crippen molar-refractivity contribution in [2.24, 2.45) is 7.05 Å². The molecule has 29 heavy (non-hydrogen) atoms. The zero-order valence-electron chi connectivity index (χ0n) is 15.8. The highest BCUT2D eigenvalue weighted by Crippen LogP contribution is 2.28. The monoisotopic (exact) mass is 394 g/mol. The molecule has 9 heteroatoms. The van der Waals surface area contributed by atoms with Crippen LogP contribution in [0.1, 0.15) is 23.2 Å². The first kappa shape index (κ1) is 17.7. The molecule has 4 aromatic rings. The predicted molar refractivity (Wildman–Crippen MR) is 105 cm³/mol. The van der Waals surface area contributed by atoms with Crippen LogP contribution in [0.15, 0.2) is 30.6 Å². The van der Waals surface area contributed by atoms with Gasteiger partial charge in [0.05, 0.1) is 23.4 Å². The molecule has 4 heterocycles. The average molecular weight is 394 g/mol. The summed E-state index contributed by atoms with van der Waals surface area (Å²) in [5.74, 6) is -0.560. The van der Waals surface area contributed by atoms with Gasteiger partial charge in [-0.3, -0.25) is 9.48 Å². The van der Waals surface area contributed by atoms with Crippen LogP contribution in [0.3, 0.4) is 0 Å². The van der Waals surface area contributed by atoms with Crippen molar-refractivity contribution in [1.29, 1.82) is 0 Å². The Morgan fingerprint density at radius 2 is 2.34 bits per heavy atom. The molecule has 1 fully saturated rings. The maximum Gasteiger partial charge on any atom is 0.255 e. The van der Waals surface area contributed by atoms with Crippen molar-refractivity contribution in [2.75, 3.05) is 13.2 Å². The number of hydrogen-bond donors (Lipinski definition) is 2. The normalized spacial score (nSPS) is 16.7. The number of ether oxygens (including phenoxy) is 1.